The van der Waals surface area contributed by atoms with Crippen LogP contribution in [0.1, 0.15) is 5.76 Å². The molecule has 0 aliphatic rings. The predicted molar refractivity (Wildman–Crippen MR) is 28.4 cm³/mol. The molecule has 0 radical (unpaired) electrons. The SMILES string of the molecule is O=CCc1ccc(F)o1. The third-order valence-electron chi connectivity index (χ3n) is 0.913. The van der Waals surface area contributed by atoms with E-state index < -0.39 is 6.01 Å². The first-order valence-corrected chi connectivity index (χ1v) is 2.51. The van der Waals surface area contributed by atoms with E-state index in [0.29, 0.717) is 12.0 Å². The highest BCUT2D eigenvalue weighted by Crippen LogP contribution is 2.04. The van der Waals surface area contributed by atoms with Gasteiger partial charge in [-0.2, -0.15) is 4.39 Å². The van der Waals surface area contributed by atoms with Crippen LogP contribution in [0.4, 0.5) is 4.39 Å². The van der Waals surface area contributed by atoms with E-state index in [1.165, 1.54) is 12.1 Å². The fourth-order valence-electron chi connectivity index (χ4n) is 0.544. The van der Waals surface area contributed by atoms with Gasteiger partial charge >= 0.3 is 0 Å². The van der Waals surface area contributed by atoms with Gasteiger partial charge in [-0.25, -0.2) is 0 Å². The summed E-state index contributed by atoms with van der Waals surface area (Å²) in [6, 6.07) is 1.97. The molecular formula is C6H5FO2. The summed E-state index contributed by atoms with van der Waals surface area (Å²) in [5.74, 6) is 0.363. The maximum Gasteiger partial charge on any atom is 0.277 e. The molecule has 1 aromatic rings. The molecule has 0 atom stereocenters. The Bertz CT molecular complexity index is 205. The smallest absolute Gasteiger partial charge is 0.277 e. The Labute approximate surface area is 51.3 Å². The van der Waals surface area contributed by atoms with Crippen molar-refractivity contribution in [3.05, 3.63) is 23.9 Å². The van der Waals surface area contributed by atoms with Gasteiger partial charge in [0.2, 0.25) is 0 Å². The number of aldehydes is 1. The third kappa shape index (κ3) is 1.38. The molecule has 0 aliphatic carbocycles. The second-order valence-corrected chi connectivity index (χ2v) is 1.58. The standard InChI is InChI=1S/C6H5FO2/c7-6-2-1-5(9-6)3-4-8/h1-2,4H,3H2. The second-order valence-electron chi connectivity index (χ2n) is 1.58. The molecule has 0 amide bonds. The minimum Gasteiger partial charge on any atom is -0.436 e. The molecule has 3 heteroatoms. The van der Waals surface area contributed by atoms with Crippen LogP contribution in [0.3, 0.4) is 0 Å². The molecule has 1 heterocycles. The van der Waals surface area contributed by atoms with Gasteiger partial charge in [-0.3, -0.25) is 0 Å². The van der Waals surface area contributed by atoms with Gasteiger partial charge in [0.25, 0.3) is 6.01 Å². The van der Waals surface area contributed by atoms with E-state index in [9.17, 15) is 9.18 Å². The fourth-order valence-corrected chi connectivity index (χ4v) is 0.544. The Kier molecular flexibility index (Phi) is 1.63. The normalized spacial score (nSPS) is 9.44. The summed E-state index contributed by atoms with van der Waals surface area (Å²) in [4.78, 5) is 9.80. The maximum atomic E-state index is 12.0. The van der Waals surface area contributed by atoms with E-state index in [1.54, 1.807) is 0 Å². The number of carbonyl (C=O) groups excluding carboxylic acids is 1. The third-order valence-corrected chi connectivity index (χ3v) is 0.913. The van der Waals surface area contributed by atoms with Crippen molar-refractivity contribution in [3.8, 4) is 0 Å². The molecule has 0 saturated carbocycles. The molecule has 48 valence electrons. The Hall–Kier alpha value is -1.12. The largest absolute Gasteiger partial charge is 0.436 e. The zero-order valence-electron chi connectivity index (χ0n) is 4.63. The van der Waals surface area contributed by atoms with Gasteiger partial charge in [0.05, 0.1) is 6.42 Å². The zero-order chi connectivity index (χ0) is 6.69. The highest BCUT2D eigenvalue weighted by molar-refractivity contribution is 5.52. The van der Waals surface area contributed by atoms with Crippen LogP contribution < -0.4 is 0 Å². The van der Waals surface area contributed by atoms with E-state index in [-0.39, 0.29) is 6.42 Å². The summed E-state index contributed by atoms with van der Waals surface area (Å²) >= 11 is 0. The quantitative estimate of drug-likeness (QED) is 0.559. The predicted octanol–water partition coefficient (Wildman–Crippen LogP) is 1.16. The summed E-state index contributed by atoms with van der Waals surface area (Å²) in [5.41, 5.74) is 0. The van der Waals surface area contributed by atoms with Crippen molar-refractivity contribution in [2.75, 3.05) is 0 Å². The van der Waals surface area contributed by atoms with Crippen LogP contribution in [0.15, 0.2) is 16.5 Å². The number of halogens is 1. The number of hydrogen-bond acceptors (Lipinski definition) is 2. The molecule has 9 heavy (non-hydrogen) atoms. The van der Waals surface area contributed by atoms with E-state index in [4.69, 9.17) is 0 Å². The number of carbonyl (C=O) groups is 1. The van der Waals surface area contributed by atoms with E-state index in [1.807, 2.05) is 0 Å². The van der Waals surface area contributed by atoms with Gasteiger partial charge in [-0.15, -0.1) is 0 Å². The second kappa shape index (κ2) is 2.44. The van der Waals surface area contributed by atoms with Gasteiger partial charge in [0.1, 0.15) is 12.0 Å². The van der Waals surface area contributed by atoms with Crippen molar-refractivity contribution < 1.29 is 13.6 Å². The highest BCUT2D eigenvalue weighted by Gasteiger charge is 1.97. The van der Waals surface area contributed by atoms with Crippen molar-refractivity contribution in [2.24, 2.45) is 0 Å². The molecule has 0 fully saturated rings. The summed E-state index contributed by atoms with van der Waals surface area (Å²) in [7, 11) is 0. The molecule has 1 rings (SSSR count). The molecule has 1 aromatic heterocycles. The summed E-state index contributed by atoms with van der Waals surface area (Å²) in [6.07, 6.45) is 0.808. The lowest BCUT2D eigenvalue weighted by Crippen LogP contribution is -1.78. The molecule has 0 spiro atoms. The minimum absolute atomic E-state index is 0.143. The Balaban J connectivity index is 2.72. The molecule has 0 aromatic carbocycles. The van der Waals surface area contributed by atoms with Crippen LogP contribution in [0.2, 0.25) is 0 Å². The lowest BCUT2D eigenvalue weighted by molar-refractivity contribution is -0.107. The molecule has 0 N–H and O–H groups in total. The molecular weight excluding hydrogens is 123 g/mol. The van der Waals surface area contributed by atoms with E-state index in [0.717, 1.165) is 0 Å². The number of hydrogen-bond donors (Lipinski definition) is 0. The Morgan fingerprint density at radius 2 is 2.44 bits per heavy atom. The van der Waals surface area contributed by atoms with Crippen molar-refractivity contribution in [3.63, 3.8) is 0 Å². The van der Waals surface area contributed by atoms with Crippen molar-refractivity contribution >= 4 is 6.29 Å². The average Bonchev–Trinajstić information content (AvgIpc) is 2.17. The average molecular weight is 128 g/mol. The zero-order valence-corrected chi connectivity index (χ0v) is 4.63. The maximum absolute atomic E-state index is 12.0. The molecule has 0 bridgehead atoms. The Morgan fingerprint density at radius 1 is 1.67 bits per heavy atom. The first-order valence-electron chi connectivity index (χ1n) is 2.51. The van der Waals surface area contributed by atoms with Gasteiger partial charge in [0.15, 0.2) is 0 Å². The van der Waals surface area contributed by atoms with E-state index >= 15 is 0 Å². The van der Waals surface area contributed by atoms with Crippen LogP contribution in [0.5, 0.6) is 0 Å². The van der Waals surface area contributed by atoms with E-state index in [2.05, 4.69) is 4.42 Å². The molecule has 0 saturated heterocycles. The van der Waals surface area contributed by atoms with Crippen LogP contribution >= 0.6 is 0 Å². The lowest BCUT2D eigenvalue weighted by Gasteiger charge is -1.80. The van der Waals surface area contributed by atoms with Crippen LogP contribution in [0, 0.1) is 6.01 Å². The minimum atomic E-state index is -0.646. The van der Waals surface area contributed by atoms with Gasteiger partial charge < -0.3 is 9.21 Å². The monoisotopic (exact) mass is 128 g/mol. The first kappa shape index (κ1) is 6.01. The topological polar surface area (TPSA) is 30.2 Å². The lowest BCUT2D eigenvalue weighted by atomic mass is 10.4. The van der Waals surface area contributed by atoms with Crippen molar-refractivity contribution in [2.45, 2.75) is 6.42 Å². The van der Waals surface area contributed by atoms with Crippen molar-refractivity contribution in [1.82, 2.24) is 0 Å². The van der Waals surface area contributed by atoms with Gasteiger partial charge in [-0.05, 0) is 6.07 Å². The number of rotatable bonds is 2. The number of furan rings is 1. The molecule has 0 aliphatic heterocycles. The molecule has 2 nitrogen and oxygen atoms in total. The van der Waals surface area contributed by atoms with Crippen LogP contribution in [-0.4, -0.2) is 6.29 Å². The van der Waals surface area contributed by atoms with Gasteiger partial charge in [0, 0.05) is 6.07 Å². The molecule has 0 unspecified atom stereocenters. The first-order chi connectivity index (χ1) is 4.33. The highest BCUT2D eigenvalue weighted by atomic mass is 19.1. The fraction of sp³-hybridized carbons (Fsp3) is 0.167. The van der Waals surface area contributed by atoms with Crippen molar-refractivity contribution in [1.29, 1.82) is 0 Å². The van der Waals surface area contributed by atoms with Gasteiger partial charge in [-0.1, -0.05) is 0 Å². The summed E-state index contributed by atoms with van der Waals surface area (Å²) in [6.45, 7) is 0. The Morgan fingerprint density at radius 3 is 2.89 bits per heavy atom. The van der Waals surface area contributed by atoms with Crippen LogP contribution in [0.25, 0.3) is 0 Å². The van der Waals surface area contributed by atoms with Crippen LogP contribution in [-0.2, 0) is 11.2 Å². The summed E-state index contributed by atoms with van der Waals surface area (Å²) in [5, 5.41) is 0. The summed E-state index contributed by atoms with van der Waals surface area (Å²) < 4.78 is 16.4.